The van der Waals surface area contributed by atoms with Crippen molar-refractivity contribution in [3.8, 4) is 6.07 Å². The lowest BCUT2D eigenvalue weighted by Gasteiger charge is -2.34. The van der Waals surface area contributed by atoms with Gasteiger partial charge in [-0.1, -0.05) is 18.2 Å². The van der Waals surface area contributed by atoms with E-state index >= 15 is 0 Å². The van der Waals surface area contributed by atoms with Crippen molar-refractivity contribution < 1.29 is 15.1 Å². The van der Waals surface area contributed by atoms with E-state index < -0.39 is 60.9 Å². The summed E-state index contributed by atoms with van der Waals surface area (Å²) in [5, 5.41) is 9.45. The van der Waals surface area contributed by atoms with Gasteiger partial charge in [-0.25, -0.2) is 4.79 Å². The molecular weight excluding hydrogens is 318 g/mol. The highest BCUT2D eigenvalue weighted by atomic mass is 16.2. The largest absolute Gasteiger partial charge is 0.356 e. The Hall–Kier alpha value is -2.85. The quantitative estimate of drug-likeness (QED) is 0.864. The summed E-state index contributed by atoms with van der Waals surface area (Å²) >= 11 is 0. The highest BCUT2D eigenvalue weighted by molar-refractivity contribution is 5.42. The van der Waals surface area contributed by atoms with Crippen molar-refractivity contribution in [2.24, 2.45) is 12.8 Å². The molecule has 0 radical (unpaired) electrons. The number of anilines is 1. The van der Waals surface area contributed by atoms with Gasteiger partial charge >= 0.3 is 5.69 Å². The average Bonchev–Trinajstić information content (AvgIpc) is 2.75. The minimum absolute atomic E-state index is 0.146. The normalized spacial score (nSPS) is 35.4. The standard InChI is InChI=1S/C18H21N5O2/c1-21-17(24)9-16(22-8-4-7-15(20)12-22)23(18(21)25)11-14-6-3-2-5-13(14)10-19/h2-3,5-6,9,15H,4,7-8,11-12,20H2,1H3/t15-/m1/s1/i4D2,7D2,8D2,11D2,12D2,15D. The minimum atomic E-state index is -3.73. The molecule has 0 spiro atoms. The lowest BCUT2D eigenvalue weighted by atomic mass is 10.1. The van der Waals surface area contributed by atoms with Gasteiger partial charge in [-0.2, -0.15) is 5.26 Å². The van der Waals surface area contributed by atoms with Gasteiger partial charge in [0.1, 0.15) is 5.82 Å². The van der Waals surface area contributed by atoms with Gasteiger partial charge in [0.15, 0.2) is 0 Å². The Morgan fingerprint density at radius 3 is 3.00 bits per heavy atom. The zero-order valence-electron chi connectivity index (χ0n) is 24.1. The average molecular weight is 350 g/mol. The summed E-state index contributed by atoms with van der Waals surface area (Å²) in [6, 6.07) is 3.76. The number of nitriles is 1. The number of aromatic nitrogens is 2. The topological polar surface area (TPSA) is 97.1 Å². The molecule has 0 unspecified atom stereocenters. The molecule has 1 saturated heterocycles. The maximum Gasteiger partial charge on any atom is 0.332 e. The van der Waals surface area contributed by atoms with E-state index in [1.165, 1.54) is 18.2 Å². The van der Waals surface area contributed by atoms with E-state index in [-0.39, 0.29) is 15.0 Å². The molecule has 7 heteroatoms. The second kappa shape index (κ2) is 6.95. The van der Waals surface area contributed by atoms with E-state index in [2.05, 4.69) is 0 Å². The third-order valence-corrected chi connectivity index (χ3v) is 3.40. The summed E-state index contributed by atoms with van der Waals surface area (Å²) in [6.07, 6.45) is -7.37. The molecule has 2 heterocycles. The molecule has 1 atom stereocenters. The molecule has 0 bridgehead atoms. The van der Waals surface area contributed by atoms with E-state index in [4.69, 9.17) is 20.8 Å². The summed E-state index contributed by atoms with van der Waals surface area (Å²) in [7, 11) is 0.965. The zero-order chi connectivity index (χ0) is 27.9. The molecule has 0 aliphatic carbocycles. The number of piperidine rings is 1. The van der Waals surface area contributed by atoms with Crippen molar-refractivity contribution in [1.82, 2.24) is 9.13 Å². The van der Waals surface area contributed by atoms with Gasteiger partial charge in [-0.3, -0.25) is 13.9 Å². The van der Waals surface area contributed by atoms with Crippen LogP contribution in [0.25, 0.3) is 0 Å². The minimum Gasteiger partial charge on any atom is -0.356 e. The van der Waals surface area contributed by atoms with Crippen LogP contribution in [0.5, 0.6) is 0 Å². The van der Waals surface area contributed by atoms with Crippen molar-refractivity contribution in [1.29, 1.82) is 5.26 Å². The van der Waals surface area contributed by atoms with E-state index in [9.17, 15) is 14.9 Å². The van der Waals surface area contributed by atoms with Crippen molar-refractivity contribution >= 4 is 5.82 Å². The number of hydrogen-bond acceptors (Lipinski definition) is 5. The fourth-order valence-electron chi connectivity index (χ4n) is 2.12. The first-order valence-electron chi connectivity index (χ1n) is 12.6. The Bertz CT molecular complexity index is 1360. The van der Waals surface area contributed by atoms with E-state index in [0.717, 1.165) is 13.1 Å². The number of nitrogens with two attached hydrogens (primary N) is 1. The van der Waals surface area contributed by atoms with Crippen LogP contribution in [0.15, 0.2) is 39.9 Å². The first-order valence-corrected chi connectivity index (χ1v) is 7.06. The first kappa shape index (κ1) is 8.02. The van der Waals surface area contributed by atoms with Crippen LogP contribution in [-0.2, 0) is 13.5 Å². The highest BCUT2D eigenvalue weighted by Gasteiger charge is 2.22. The zero-order valence-corrected chi connectivity index (χ0v) is 13.1. The molecule has 2 N–H and O–H groups in total. The number of rotatable bonds is 3. The van der Waals surface area contributed by atoms with Gasteiger partial charge in [0.05, 0.1) is 23.6 Å². The molecule has 0 saturated carbocycles. The monoisotopic (exact) mass is 350 g/mol. The number of hydrogen-bond donors (Lipinski definition) is 1. The molecular formula is C18H21N5O2. The summed E-state index contributed by atoms with van der Waals surface area (Å²) in [6.45, 7) is -10.4. The van der Waals surface area contributed by atoms with Crippen LogP contribution in [-0.4, -0.2) is 28.1 Å². The molecule has 7 nitrogen and oxygen atoms in total. The molecule has 1 aromatic carbocycles. The molecule has 130 valence electrons. The highest BCUT2D eigenvalue weighted by Crippen LogP contribution is 2.19. The van der Waals surface area contributed by atoms with E-state index in [1.54, 1.807) is 6.07 Å². The Morgan fingerprint density at radius 1 is 1.48 bits per heavy atom. The molecule has 1 fully saturated rings. The van der Waals surface area contributed by atoms with Crippen LogP contribution in [0.2, 0.25) is 0 Å². The molecule has 2 aromatic rings. The van der Waals surface area contributed by atoms with Crippen LogP contribution in [0.4, 0.5) is 5.82 Å². The van der Waals surface area contributed by atoms with Crippen molar-refractivity contribution in [2.75, 3.05) is 17.9 Å². The summed E-state index contributed by atoms with van der Waals surface area (Å²) in [4.78, 5) is 25.6. The summed E-state index contributed by atoms with van der Waals surface area (Å²) in [5.41, 5.74) is 2.38. The second-order valence-electron chi connectivity index (χ2n) is 5.01. The Balaban J connectivity index is 2.55. The smallest absolute Gasteiger partial charge is 0.332 e. The summed E-state index contributed by atoms with van der Waals surface area (Å²) in [5.74, 6) is -1.16. The second-order valence-corrected chi connectivity index (χ2v) is 5.01. The molecule has 3 rings (SSSR count). The molecule has 1 aliphatic rings. The maximum atomic E-state index is 13.2. The van der Waals surface area contributed by atoms with E-state index in [1.807, 2.05) is 0 Å². The molecule has 25 heavy (non-hydrogen) atoms. The summed E-state index contributed by atoms with van der Waals surface area (Å²) < 4.78 is 92.1. The predicted molar refractivity (Wildman–Crippen MR) is 95.6 cm³/mol. The van der Waals surface area contributed by atoms with Gasteiger partial charge in [-0.05, 0) is 24.4 Å². The lowest BCUT2D eigenvalue weighted by molar-refractivity contribution is 0.491. The third kappa shape index (κ3) is 3.35. The van der Waals surface area contributed by atoms with Crippen LogP contribution >= 0.6 is 0 Å². The van der Waals surface area contributed by atoms with Crippen LogP contribution < -0.4 is 21.9 Å². The molecule has 1 aromatic heterocycles. The Morgan fingerprint density at radius 2 is 2.24 bits per heavy atom. The van der Waals surface area contributed by atoms with Crippen LogP contribution in [0.1, 0.15) is 39.0 Å². The van der Waals surface area contributed by atoms with Crippen LogP contribution in [0.3, 0.4) is 0 Å². The van der Waals surface area contributed by atoms with Crippen molar-refractivity contribution in [2.45, 2.75) is 25.3 Å². The van der Waals surface area contributed by atoms with Gasteiger partial charge in [0.25, 0.3) is 5.56 Å². The van der Waals surface area contributed by atoms with Gasteiger partial charge in [0, 0.05) is 41.7 Å². The van der Waals surface area contributed by atoms with Gasteiger partial charge < -0.3 is 10.6 Å². The van der Waals surface area contributed by atoms with Gasteiger partial charge in [-0.15, -0.1) is 0 Å². The maximum absolute atomic E-state index is 13.2. The lowest BCUT2D eigenvalue weighted by Crippen LogP contribution is -2.47. The first-order chi connectivity index (χ1) is 16.1. The van der Waals surface area contributed by atoms with Crippen molar-refractivity contribution in [3.05, 3.63) is 62.3 Å². The van der Waals surface area contributed by atoms with Crippen LogP contribution in [0, 0.1) is 11.3 Å². The SMILES string of the molecule is [2H]C([2H])(c1ccccc1C#N)n1c(N2C([2H])([2H])C([2H])([2H])C([2H])([2H])[C@@]([2H])(N)C2([2H])[2H])cc(=O)n(C)c1=O. The third-order valence-electron chi connectivity index (χ3n) is 3.40. The Labute approximate surface area is 161 Å². The predicted octanol–water partition coefficient (Wildman–Crippen LogP) is 0.394. The molecule has 1 aliphatic heterocycles. The van der Waals surface area contributed by atoms with Crippen molar-refractivity contribution in [3.63, 3.8) is 0 Å². The fraction of sp³-hybridized carbons (Fsp3) is 0.389. The van der Waals surface area contributed by atoms with Gasteiger partial charge in [0.2, 0.25) is 0 Å². The fourth-order valence-corrected chi connectivity index (χ4v) is 2.12. The van der Waals surface area contributed by atoms with E-state index in [0.29, 0.717) is 10.6 Å². The number of benzene rings is 1. The molecule has 0 amide bonds. The Kier molecular flexibility index (Phi) is 2.23. The number of nitrogens with zero attached hydrogens (tertiary/aromatic N) is 4.